The lowest BCUT2D eigenvalue weighted by Crippen LogP contribution is -2.45. The van der Waals surface area contributed by atoms with Gasteiger partial charge in [0.05, 0.1) is 12.3 Å². The molecule has 112 valence electrons. The maximum Gasteiger partial charge on any atom is 0.239 e. The Hall–Kier alpha value is -0.370. The lowest BCUT2D eigenvalue weighted by molar-refractivity contribution is -0.132. The van der Waals surface area contributed by atoms with Gasteiger partial charge < -0.3 is 10.2 Å². The highest BCUT2D eigenvalue weighted by molar-refractivity contribution is 7.88. The van der Waals surface area contributed by atoms with E-state index < -0.39 is 10.0 Å². The van der Waals surface area contributed by atoms with Gasteiger partial charge in [-0.25, -0.2) is 12.7 Å². The normalized spacial score (nSPS) is 25.7. The third-order valence-corrected chi connectivity index (χ3v) is 4.90. The summed E-state index contributed by atoms with van der Waals surface area (Å²) in [6, 6.07) is -0.0604. The van der Waals surface area contributed by atoms with Crippen molar-refractivity contribution in [2.45, 2.75) is 25.3 Å². The summed E-state index contributed by atoms with van der Waals surface area (Å²) in [4.78, 5) is 14.0. The summed E-state index contributed by atoms with van der Waals surface area (Å²) in [5.41, 5.74) is 0. The fraction of sp³-hybridized carbons (Fsp3) is 0.909. The van der Waals surface area contributed by atoms with Crippen LogP contribution >= 0.6 is 12.4 Å². The summed E-state index contributed by atoms with van der Waals surface area (Å²) in [6.45, 7) is 2.99. The number of nitrogens with one attached hydrogen (secondary N) is 1. The Morgan fingerprint density at radius 3 is 2.47 bits per heavy atom. The number of carbonyl (C=O) groups is 1. The Labute approximate surface area is 121 Å². The van der Waals surface area contributed by atoms with Crippen LogP contribution in [-0.2, 0) is 14.8 Å². The molecule has 0 aromatic heterocycles. The Morgan fingerprint density at radius 1 is 1.16 bits per heavy atom. The molecule has 0 saturated carbocycles. The van der Waals surface area contributed by atoms with Crippen molar-refractivity contribution in [3.05, 3.63) is 0 Å². The average molecular weight is 312 g/mol. The number of halogens is 1. The van der Waals surface area contributed by atoms with Gasteiger partial charge in [-0.1, -0.05) is 0 Å². The van der Waals surface area contributed by atoms with Gasteiger partial charge in [-0.3, -0.25) is 4.79 Å². The Balaban J connectivity index is 0.00000180. The first-order valence-electron chi connectivity index (χ1n) is 6.46. The first kappa shape index (κ1) is 16.7. The zero-order chi connectivity index (χ0) is 13.2. The van der Waals surface area contributed by atoms with E-state index >= 15 is 0 Å². The molecule has 2 saturated heterocycles. The van der Waals surface area contributed by atoms with Crippen LogP contribution in [0.4, 0.5) is 0 Å². The molecular formula is C11H22ClN3O3S. The number of amides is 1. The Bertz CT molecular complexity index is 409. The summed E-state index contributed by atoms with van der Waals surface area (Å²) in [6.07, 6.45) is 3.87. The summed E-state index contributed by atoms with van der Waals surface area (Å²) in [7, 11) is -3.14. The molecule has 1 atom stereocenters. The van der Waals surface area contributed by atoms with E-state index in [1.54, 1.807) is 4.90 Å². The quantitative estimate of drug-likeness (QED) is 0.757. The van der Waals surface area contributed by atoms with E-state index in [4.69, 9.17) is 0 Å². The van der Waals surface area contributed by atoms with Crippen molar-refractivity contribution >= 4 is 28.3 Å². The topological polar surface area (TPSA) is 69.7 Å². The summed E-state index contributed by atoms with van der Waals surface area (Å²) >= 11 is 0. The van der Waals surface area contributed by atoms with E-state index in [2.05, 4.69) is 5.32 Å². The van der Waals surface area contributed by atoms with Gasteiger partial charge in [0.1, 0.15) is 0 Å². The molecule has 2 rings (SSSR count). The van der Waals surface area contributed by atoms with Gasteiger partial charge in [-0.15, -0.1) is 12.4 Å². The van der Waals surface area contributed by atoms with Crippen LogP contribution in [0.25, 0.3) is 0 Å². The minimum Gasteiger partial charge on any atom is -0.340 e. The number of hydrogen-bond donors (Lipinski definition) is 1. The monoisotopic (exact) mass is 311 g/mol. The lowest BCUT2D eigenvalue weighted by atomic mass is 10.2. The van der Waals surface area contributed by atoms with Crippen LogP contribution in [0.15, 0.2) is 0 Å². The number of sulfonamides is 1. The van der Waals surface area contributed by atoms with Gasteiger partial charge in [0, 0.05) is 26.2 Å². The first-order valence-corrected chi connectivity index (χ1v) is 8.30. The second kappa shape index (κ2) is 6.88. The highest BCUT2D eigenvalue weighted by Crippen LogP contribution is 2.12. The minimum atomic E-state index is -3.14. The molecule has 2 heterocycles. The fourth-order valence-electron chi connectivity index (χ4n) is 2.56. The SMILES string of the molecule is CS(=O)(=O)N1CCCN(C(=O)C2CCCN2)CC1.Cl. The number of rotatable bonds is 2. The molecule has 8 heteroatoms. The Morgan fingerprint density at radius 2 is 1.89 bits per heavy atom. The molecule has 0 aromatic carbocycles. The van der Waals surface area contributed by atoms with E-state index in [-0.39, 0.29) is 24.4 Å². The molecule has 2 aliphatic rings. The van der Waals surface area contributed by atoms with Gasteiger partial charge in [0.15, 0.2) is 0 Å². The Kier molecular flexibility index (Phi) is 6.04. The molecular weight excluding hydrogens is 290 g/mol. The van der Waals surface area contributed by atoms with Gasteiger partial charge in [-0.2, -0.15) is 0 Å². The highest BCUT2D eigenvalue weighted by atomic mass is 35.5. The highest BCUT2D eigenvalue weighted by Gasteiger charge is 2.29. The molecule has 0 spiro atoms. The second-order valence-corrected chi connectivity index (χ2v) is 6.97. The predicted octanol–water partition coefficient (Wildman–Crippen LogP) is -0.346. The predicted molar refractivity (Wildman–Crippen MR) is 75.9 cm³/mol. The van der Waals surface area contributed by atoms with Crippen molar-refractivity contribution in [1.29, 1.82) is 0 Å². The van der Waals surface area contributed by atoms with Crippen LogP contribution in [-0.4, -0.2) is 68.6 Å². The zero-order valence-electron chi connectivity index (χ0n) is 11.2. The zero-order valence-corrected chi connectivity index (χ0v) is 12.8. The molecule has 2 fully saturated rings. The summed E-state index contributed by atoms with van der Waals surface area (Å²) in [5, 5.41) is 3.19. The first-order chi connectivity index (χ1) is 8.48. The van der Waals surface area contributed by atoms with Crippen molar-refractivity contribution in [1.82, 2.24) is 14.5 Å². The molecule has 1 N–H and O–H groups in total. The number of hydrogen-bond acceptors (Lipinski definition) is 4. The number of carbonyl (C=O) groups excluding carboxylic acids is 1. The molecule has 0 aromatic rings. The molecule has 0 bridgehead atoms. The van der Waals surface area contributed by atoms with Crippen molar-refractivity contribution in [3.8, 4) is 0 Å². The maximum atomic E-state index is 12.2. The third kappa shape index (κ3) is 4.30. The third-order valence-electron chi connectivity index (χ3n) is 3.59. The average Bonchev–Trinajstić information content (AvgIpc) is 2.70. The van der Waals surface area contributed by atoms with Gasteiger partial charge in [0.25, 0.3) is 0 Å². The van der Waals surface area contributed by atoms with Gasteiger partial charge >= 0.3 is 0 Å². The molecule has 0 radical (unpaired) electrons. The molecule has 6 nitrogen and oxygen atoms in total. The van der Waals surface area contributed by atoms with Gasteiger partial charge in [-0.05, 0) is 25.8 Å². The van der Waals surface area contributed by atoms with Crippen LogP contribution < -0.4 is 5.32 Å². The molecule has 2 aliphatic heterocycles. The lowest BCUT2D eigenvalue weighted by Gasteiger charge is -2.24. The van der Waals surface area contributed by atoms with E-state index in [0.29, 0.717) is 32.6 Å². The van der Waals surface area contributed by atoms with Crippen molar-refractivity contribution in [3.63, 3.8) is 0 Å². The summed E-state index contributed by atoms with van der Waals surface area (Å²) in [5.74, 6) is 0.128. The van der Waals surface area contributed by atoms with Crippen LogP contribution in [0, 0.1) is 0 Å². The standard InChI is InChI=1S/C11H21N3O3S.ClH/c1-18(16,17)14-7-3-6-13(8-9-14)11(15)10-4-2-5-12-10;/h10,12H,2-9H2,1H3;1H. The van der Waals surface area contributed by atoms with Crippen molar-refractivity contribution in [2.24, 2.45) is 0 Å². The summed E-state index contributed by atoms with van der Waals surface area (Å²) < 4.78 is 24.4. The van der Waals surface area contributed by atoms with Crippen molar-refractivity contribution < 1.29 is 13.2 Å². The minimum absolute atomic E-state index is 0. The van der Waals surface area contributed by atoms with Gasteiger partial charge in [0.2, 0.25) is 15.9 Å². The molecule has 1 amide bonds. The number of nitrogens with zero attached hydrogens (tertiary/aromatic N) is 2. The van der Waals surface area contributed by atoms with E-state index in [1.807, 2.05) is 0 Å². The van der Waals surface area contributed by atoms with Crippen molar-refractivity contribution in [2.75, 3.05) is 39.0 Å². The molecule has 1 unspecified atom stereocenters. The molecule has 0 aliphatic carbocycles. The van der Waals surface area contributed by atoms with Crippen LogP contribution in [0.3, 0.4) is 0 Å². The van der Waals surface area contributed by atoms with E-state index in [9.17, 15) is 13.2 Å². The van der Waals surface area contributed by atoms with Crippen LogP contribution in [0.2, 0.25) is 0 Å². The van der Waals surface area contributed by atoms with E-state index in [1.165, 1.54) is 10.6 Å². The maximum absolute atomic E-state index is 12.2. The van der Waals surface area contributed by atoms with E-state index in [0.717, 1.165) is 19.4 Å². The molecule has 19 heavy (non-hydrogen) atoms. The van der Waals surface area contributed by atoms with Crippen LogP contribution in [0.5, 0.6) is 0 Å². The largest absolute Gasteiger partial charge is 0.340 e. The smallest absolute Gasteiger partial charge is 0.239 e. The van der Waals surface area contributed by atoms with Crippen LogP contribution in [0.1, 0.15) is 19.3 Å². The fourth-order valence-corrected chi connectivity index (χ4v) is 3.44. The second-order valence-electron chi connectivity index (χ2n) is 4.99.